The molecule has 1 aromatic heterocycles. The summed E-state index contributed by atoms with van der Waals surface area (Å²) < 4.78 is 0. The molecule has 0 aliphatic heterocycles. The number of H-pyrrole nitrogens is 2. The molecule has 7 nitrogen and oxygen atoms in total. The van der Waals surface area contributed by atoms with Crippen molar-refractivity contribution in [3.63, 3.8) is 0 Å². The van der Waals surface area contributed by atoms with E-state index in [1.165, 1.54) is 6.21 Å². The van der Waals surface area contributed by atoms with E-state index in [-0.39, 0.29) is 5.56 Å². The predicted octanol–water partition coefficient (Wildman–Crippen LogP) is 0.492. The van der Waals surface area contributed by atoms with E-state index in [2.05, 4.69) is 15.5 Å². The first-order valence-electron chi connectivity index (χ1n) is 6.04. The number of aromatic nitrogens is 2. The van der Waals surface area contributed by atoms with Gasteiger partial charge in [0.15, 0.2) is 0 Å². The van der Waals surface area contributed by atoms with Crippen LogP contribution >= 0.6 is 0 Å². The maximum atomic E-state index is 11.6. The van der Waals surface area contributed by atoms with Crippen LogP contribution in [0.1, 0.15) is 15.9 Å². The molecule has 0 atom stereocenters. The van der Waals surface area contributed by atoms with E-state index in [1.54, 1.807) is 6.08 Å². The number of hydrogen-bond donors (Lipinski definition) is 3. The average Bonchev–Trinajstić information content (AvgIpc) is 2.47. The van der Waals surface area contributed by atoms with Gasteiger partial charge in [-0.1, -0.05) is 36.4 Å². The highest BCUT2D eigenvalue weighted by Gasteiger charge is 2.09. The molecule has 2 aromatic rings. The van der Waals surface area contributed by atoms with Crippen molar-refractivity contribution in [1.82, 2.24) is 15.4 Å². The monoisotopic (exact) mass is 284 g/mol. The van der Waals surface area contributed by atoms with Crippen molar-refractivity contribution in [3.05, 3.63) is 74.6 Å². The first-order chi connectivity index (χ1) is 10.2. The summed E-state index contributed by atoms with van der Waals surface area (Å²) in [6, 6.07) is 9.56. The van der Waals surface area contributed by atoms with Crippen molar-refractivity contribution in [1.29, 1.82) is 0 Å². The lowest BCUT2D eigenvalue weighted by Gasteiger charge is -1.96. The minimum absolute atomic E-state index is 0.223. The van der Waals surface area contributed by atoms with Crippen LogP contribution in [0.3, 0.4) is 0 Å². The zero-order chi connectivity index (χ0) is 15.1. The molecule has 0 radical (unpaired) electrons. The van der Waals surface area contributed by atoms with Crippen LogP contribution in [0.2, 0.25) is 0 Å². The fraction of sp³-hybridized carbons (Fsp3) is 0. The molecular formula is C14H12N4O3. The quantitative estimate of drug-likeness (QED) is 0.561. The van der Waals surface area contributed by atoms with E-state index >= 15 is 0 Å². The molecule has 1 heterocycles. The van der Waals surface area contributed by atoms with E-state index in [9.17, 15) is 14.4 Å². The molecular weight excluding hydrogens is 272 g/mol. The van der Waals surface area contributed by atoms with Crippen molar-refractivity contribution in [3.8, 4) is 0 Å². The number of nitrogens with zero attached hydrogens (tertiary/aromatic N) is 1. The average molecular weight is 284 g/mol. The number of carbonyl (C=O) groups is 1. The molecule has 0 aliphatic carbocycles. The predicted molar refractivity (Wildman–Crippen MR) is 79.1 cm³/mol. The normalized spacial score (nSPS) is 11.0. The molecule has 7 heteroatoms. The number of aromatic amines is 2. The molecule has 1 aromatic carbocycles. The Hall–Kier alpha value is -3.22. The van der Waals surface area contributed by atoms with Gasteiger partial charge in [0.05, 0.1) is 0 Å². The smallest absolute Gasteiger partial charge is 0.313 e. The van der Waals surface area contributed by atoms with E-state index in [1.807, 2.05) is 41.4 Å². The third kappa shape index (κ3) is 4.13. The number of benzene rings is 1. The van der Waals surface area contributed by atoms with Gasteiger partial charge in [-0.05, 0) is 11.6 Å². The topological polar surface area (TPSA) is 107 Å². The molecule has 0 aliphatic rings. The van der Waals surface area contributed by atoms with Gasteiger partial charge in [-0.15, -0.1) is 0 Å². The molecule has 0 bridgehead atoms. The first-order valence-corrected chi connectivity index (χ1v) is 6.04. The minimum atomic E-state index is -0.772. The van der Waals surface area contributed by atoms with Gasteiger partial charge in [0.1, 0.15) is 5.56 Å². The molecule has 0 saturated heterocycles. The lowest BCUT2D eigenvalue weighted by Crippen LogP contribution is -2.31. The number of nitrogens with one attached hydrogen (secondary N) is 3. The fourth-order valence-electron chi connectivity index (χ4n) is 1.50. The zero-order valence-corrected chi connectivity index (χ0v) is 10.9. The van der Waals surface area contributed by atoms with Crippen LogP contribution in [-0.2, 0) is 0 Å². The Balaban J connectivity index is 1.95. The minimum Gasteiger partial charge on any atom is -0.313 e. The summed E-state index contributed by atoms with van der Waals surface area (Å²) in [5, 5.41) is 3.67. The van der Waals surface area contributed by atoms with Gasteiger partial charge < -0.3 is 4.98 Å². The second-order valence-corrected chi connectivity index (χ2v) is 3.97. The van der Waals surface area contributed by atoms with Crippen molar-refractivity contribution in [2.75, 3.05) is 0 Å². The highest BCUT2D eigenvalue weighted by Crippen LogP contribution is 1.99. The van der Waals surface area contributed by atoms with Gasteiger partial charge in [0.2, 0.25) is 0 Å². The Labute approximate surface area is 119 Å². The van der Waals surface area contributed by atoms with E-state index in [4.69, 9.17) is 0 Å². The second kappa shape index (κ2) is 6.80. The van der Waals surface area contributed by atoms with Gasteiger partial charge in [-0.25, -0.2) is 10.2 Å². The van der Waals surface area contributed by atoms with Crippen LogP contribution in [0, 0.1) is 0 Å². The van der Waals surface area contributed by atoms with Crippen molar-refractivity contribution in [2.45, 2.75) is 0 Å². The Kier molecular flexibility index (Phi) is 4.60. The first kappa shape index (κ1) is 14.2. The Bertz CT molecular complexity index is 788. The zero-order valence-electron chi connectivity index (χ0n) is 10.9. The van der Waals surface area contributed by atoms with E-state index < -0.39 is 17.2 Å². The Morgan fingerprint density at radius 3 is 2.67 bits per heavy atom. The van der Waals surface area contributed by atoms with Crippen LogP contribution < -0.4 is 16.7 Å². The number of rotatable bonds is 4. The van der Waals surface area contributed by atoms with E-state index in [0.29, 0.717) is 0 Å². The largest absolute Gasteiger partial charge is 0.325 e. The summed E-state index contributed by atoms with van der Waals surface area (Å²) >= 11 is 0. The third-order valence-electron chi connectivity index (χ3n) is 2.48. The Morgan fingerprint density at radius 2 is 1.95 bits per heavy atom. The maximum Gasteiger partial charge on any atom is 0.325 e. The summed E-state index contributed by atoms with van der Waals surface area (Å²) in [6.07, 6.45) is 5.87. The van der Waals surface area contributed by atoms with Crippen molar-refractivity contribution in [2.24, 2.45) is 5.10 Å². The van der Waals surface area contributed by atoms with Gasteiger partial charge in [0.25, 0.3) is 11.5 Å². The van der Waals surface area contributed by atoms with Crippen molar-refractivity contribution < 1.29 is 4.79 Å². The lowest BCUT2D eigenvalue weighted by molar-refractivity contribution is 0.0953. The highest BCUT2D eigenvalue weighted by molar-refractivity contribution is 5.94. The number of allylic oxidation sites excluding steroid dienone is 1. The molecule has 0 unspecified atom stereocenters. The summed E-state index contributed by atoms with van der Waals surface area (Å²) in [4.78, 5) is 37.9. The number of amides is 1. The van der Waals surface area contributed by atoms with Crippen LogP contribution in [0.4, 0.5) is 0 Å². The summed E-state index contributed by atoms with van der Waals surface area (Å²) in [7, 11) is 0. The second-order valence-electron chi connectivity index (χ2n) is 3.97. The number of hydrazone groups is 1. The molecule has 3 N–H and O–H groups in total. The lowest BCUT2D eigenvalue weighted by atomic mass is 10.2. The highest BCUT2D eigenvalue weighted by atomic mass is 16.2. The fourth-order valence-corrected chi connectivity index (χ4v) is 1.50. The standard InChI is InChI=1S/C14H12N4O3/c19-12-11(9-15-14(21)17-12)13(20)18-16-8-4-7-10-5-2-1-3-6-10/h1-9H,(H,18,20)(H2,15,17,19,21)/b7-4+,16-8+. The van der Waals surface area contributed by atoms with Gasteiger partial charge >= 0.3 is 5.69 Å². The van der Waals surface area contributed by atoms with Gasteiger partial charge in [-0.2, -0.15) is 5.10 Å². The van der Waals surface area contributed by atoms with Crippen LogP contribution in [-0.4, -0.2) is 22.1 Å². The Morgan fingerprint density at radius 1 is 1.19 bits per heavy atom. The third-order valence-corrected chi connectivity index (χ3v) is 2.48. The molecule has 2 rings (SSSR count). The number of carbonyl (C=O) groups excluding carboxylic acids is 1. The van der Waals surface area contributed by atoms with Crippen LogP contribution in [0.15, 0.2) is 57.3 Å². The molecule has 1 amide bonds. The van der Waals surface area contributed by atoms with Gasteiger partial charge in [0, 0.05) is 12.4 Å². The number of hydrogen-bond acceptors (Lipinski definition) is 4. The van der Waals surface area contributed by atoms with Crippen molar-refractivity contribution >= 4 is 18.2 Å². The molecule has 0 saturated carbocycles. The van der Waals surface area contributed by atoms with Crippen LogP contribution in [0.25, 0.3) is 6.08 Å². The summed E-state index contributed by atoms with van der Waals surface area (Å²) in [6.45, 7) is 0. The molecule has 0 spiro atoms. The summed E-state index contributed by atoms with van der Waals surface area (Å²) in [5.74, 6) is -0.711. The summed E-state index contributed by atoms with van der Waals surface area (Å²) in [5.41, 5.74) is 1.51. The van der Waals surface area contributed by atoms with Crippen LogP contribution in [0.5, 0.6) is 0 Å². The maximum absolute atomic E-state index is 11.6. The SMILES string of the molecule is O=C(N/N=C/C=C/c1ccccc1)c1c[nH]c(=O)[nH]c1=O. The molecule has 106 valence electrons. The van der Waals surface area contributed by atoms with Gasteiger partial charge in [-0.3, -0.25) is 14.6 Å². The molecule has 21 heavy (non-hydrogen) atoms. The molecule has 0 fully saturated rings. The van der Waals surface area contributed by atoms with E-state index in [0.717, 1.165) is 11.8 Å².